The molecule has 124 valence electrons. The van der Waals surface area contributed by atoms with Crippen LogP contribution in [0.2, 0.25) is 0 Å². The van der Waals surface area contributed by atoms with Crippen molar-refractivity contribution in [2.45, 2.75) is 19.8 Å². The van der Waals surface area contributed by atoms with Gasteiger partial charge in [-0.15, -0.1) is 10.2 Å². The second-order valence-electron chi connectivity index (χ2n) is 5.36. The standard InChI is InChI=1S/C14H20N6O3/c1-9-7-10(20(4)18-9)14-17-16-12(23-14)6-5-11(21)15-8-13(22)19(2)3/h7H,5-6,8H2,1-4H3,(H,15,21). The highest BCUT2D eigenvalue weighted by Crippen LogP contribution is 2.18. The number of carbonyl (C=O) groups excluding carboxylic acids is 2. The summed E-state index contributed by atoms with van der Waals surface area (Å²) >= 11 is 0. The van der Waals surface area contributed by atoms with Crippen LogP contribution in [0.5, 0.6) is 0 Å². The van der Waals surface area contributed by atoms with Gasteiger partial charge in [0.15, 0.2) is 0 Å². The van der Waals surface area contributed by atoms with E-state index in [1.54, 1.807) is 25.8 Å². The minimum atomic E-state index is -0.240. The Morgan fingerprint density at radius 3 is 2.70 bits per heavy atom. The van der Waals surface area contributed by atoms with Crippen molar-refractivity contribution in [3.05, 3.63) is 17.7 Å². The van der Waals surface area contributed by atoms with E-state index in [0.29, 0.717) is 18.2 Å². The highest BCUT2D eigenvalue weighted by atomic mass is 16.4. The van der Waals surface area contributed by atoms with E-state index >= 15 is 0 Å². The van der Waals surface area contributed by atoms with Crippen molar-refractivity contribution in [3.63, 3.8) is 0 Å². The molecular formula is C14H20N6O3. The molecule has 0 radical (unpaired) electrons. The van der Waals surface area contributed by atoms with Gasteiger partial charge in [0, 0.05) is 34.0 Å². The SMILES string of the molecule is Cc1cc(-c2nnc(CCC(=O)NCC(=O)N(C)C)o2)n(C)n1. The number of amides is 2. The molecule has 0 aliphatic heterocycles. The third kappa shape index (κ3) is 4.38. The molecule has 0 saturated heterocycles. The van der Waals surface area contributed by atoms with Crippen LogP contribution in [0, 0.1) is 6.92 Å². The van der Waals surface area contributed by atoms with Crippen LogP contribution in [0.3, 0.4) is 0 Å². The summed E-state index contributed by atoms with van der Waals surface area (Å²) < 4.78 is 7.20. The number of rotatable bonds is 6. The Hall–Kier alpha value is -2.71. The van der Waals surface area contributed by atoms with Crippen LogP contribution in [-0.4, -0.2) is 57.3 Å². The van der Waals surface area contributed by atoms with Crippen molar-refractivity contribution in [1.82, 2.24) is 30.2 Å². The summed E-state index contributed by atoms with van der Waals surface area (Å²) in [5.41, 5.74) is 1.58. The Morgan fingerprint density at radius 2 is 2.09 bits per heavy atom. The minimum Gasteiger partial charge on any atom is -0.419 e. The van der Waals surface area contributed by atoms with E-state index in [4.69, 9.17) is 4.42 Å². The molecule has 0 atom stereocenters. The molecule has 2 aromatic rings. The quantitative estimate of drug-likeness (QED) is 0.797. The molecule has 0 aromatic carbocycles. The van der Waals surface area contributed by atoms with Crippen LogP contribution >= 0.6 is 0 Å². The van der Waals surface area contributed by atoms with Gasteiger partial charge in [0.2, 0.25) is 17.7 Å². The number of hydrogen-bond donors (Lipinski definition) is 1. The molecule has 0 fully saturated rings. The van der Waals surface area contributed by atoms with Crippen LogP contribution in [0.4, 0.5) is 0 Å². The number of aromatic nitrogens is 4. The van der Waals surface area contributed by atoms with Crippen molar-refractivity contribution in [2.75, 3.05) is 20.6 Å². The van der Waals surface area contributed by atoms with Gasteiger partial charge in [-0.2, -0.15) is 5.10 Å². The van der Waals surface area contributed by atoms with E-state index in [1.165, 1.54) is 4.90 Å². The van der Waals surface area contributed by atoms with Gasteiger partial charge in [0.1, 0.15) is 5.69 Å². The van der Waals surface area contributed by atoms with Crippen LogP contribution in [0.25, 0.3) is 11.6 Å². The van der Waals surface area contributed by atoms with E-state index < -0.39 is 0 Å². The monoisotopic (exact) mass is 320 g/mol. The summed E-state index contributed by atoms with van der Waals surface area (Å²) in [7, 11) is 5.06. The van der Waals surface area contributed by atoms with Crippen molar-refractivity contribution >= 4 is 11.8 Å². The summed E-state index contributed by atoms with van der Waals surface area (Å²) in [6, 6.07) is 1.84. The zero-order chi connectivity index (χ0) is 17.0. The molecule has 2 amide bonds. The Bertz CT molecular complexity index is 703. The molecule has 2 heterocycles. The molecule has 0 aliphatic rings. The number of nitrogens with one attached hydrogen (secondary N) is 1. The average molecular weight is 320 g/mol. The van der Waals surface area contributed by atoms with Gasteiger partial charge in [-0.1, -0.05) is 0 Å². The molecule has 9 nitrogen and oxygen atoms in total. The average Bonchev–Trinajstić information content (AvgIpc) is 3.08. The summed E-state index contributed by atoms with van der Waals surface area (Å²) in [5.74, 6) is 0.334. The molecule has 0 saturated carbocycles. The summed E-state index contributed by atoms with van der Waals surface area (Å²) in [6.45, 7) is 1.86. The van der Waals surface area contributed by atoms with Gasteiger partial charge in [-0.25, -0.2) is 0 Å². The van der Waals surface area contributed by atoms with E-state index in [0.717, 1.165) is 11.4 Å². The van der Waals surface area contributed by atoms with Crippen LogP contribution in [0.15, 0.2) is 10.5 Å². The number of likely N-dealkylation sites (N-methyl/N-ethyl adjacent to an activating group) is 1. The second kappa shape index (κ2) is 7.03. The molecule has 0 bridgehead atoms. The largest absolute Gasteiger partial charge is 0.419 e. The first kappa shape index (κ1) is 16.7. The lowest BCUT2D eigenvalue weighted by molar-refractivity contribution is -0.130. The maximum atomic E-state index is 11.7. The molecule has 2 rings (SSSR count). The van der Waals surface area contributed by atoms with Crippen molar-refractivity contribution in [1.29, 1.82) is 0 Å². The highest BCUT2D eigenvalue weighted by molar-refractivity contribution is 5.84. The maximum Gasteiger partial charge on any atom is 0.265 e. The predicted molar refractivity (Wildman–Crippen MR) is 81.3 cm³/mol. The minimum absolute atomic E-state index is 0.0186. The summed E-state index contributed by atoms with van der Waals surface area (Å²) in [4.78, 5) is 24.5. The number of aryl methyl sites for hydroxylation is 3. The first-order valence-corrected chi connectivity index (χ1v) is 7.17. The first-order valence-electron chi connectivity index (χ1n) is 7.17. The van der Waals surface area contributed by atoms with E-state index in [1.807, 2.05) is 13.0 Å². The van der Waals surface area contributed by atoms with Gasteiger partial charge in [-0.3, -0.25) is 14.3 Å². The maximum absolute atomic E-state index is 11.7. The van der Waals surface area contributed by atoms with Gasteiger partial charge in [0.25, 0.3) is 5.89 Å². The Labute approximate surface area is 133 Å². The first-order chi connectivity index (χ1) is 10.9. The van der Waals surface area contributed by atoms with Gasteiger partial charge < -0.3 is 14.6 Å². The van der Waals surface area contributed by atoms with Crippen molar-refractivity contribution < 1.29 is 14.0 Å². The van der Waals surface area contributed by atoms with E-state index in [-0.39, 0.29) is 24.8 Å². The lowest BCUT2D eigenvalue weighted by Gasteiger charge is -2.10. The van der Waals surface area contributed by atoms with Crippen LogP contribution < -0.4 is 5.32 Å². The zero-order valence-corrected chi connectivity index (χ0v) is 13.7. The predicted octanol–water partition coefficient (Wildman–Crippen LogP) is -0.0845. The summed E-state index contributed by atoms with van der Waals surface area (Å²) in [5, 5.41) is 14.7. The Kier molecular flexibility index (Phi) is 5.09. The molecule has 9 heteroatoms. The third-order valence-electron chi connectivity index (χ3n) is 3.19. The van der Waals surface area contributed by atoms with Crippen molar-refractivity contribution in [2.24, 2.45) is 7.05 Å². The fourth-order valence-electron chi connectivity index (χ4n) is 1.91. The molecule has 0 unspecified atom stereocenters. The zero-order valence-electron chi connectivity index (χ0n) is 13.7. The number of carbonyl (C=O) groups is 2. The number of hydrogen-bond acceptors (Lipinski definition) is 6. The highest BCUT2D eigenvalue weighted by Gasteiger charge is 2.14. The Balaban J connectivity index is 1.86. The lowest BCUT2D eigenvalue weighted by Crippen LogP contribution is -2.36. The van der Waals surface area contributed by atoms with Gasteiger partial charge >= 0.3 is 0 Å². The van der Waals surface area contributed by atoms with E-state index in [9.17, 15) is 9.59 Å². The van der Waals surface area contributed by atoms with Crippen LogP contribution in [-0.2, 0) is 23.1 Å². The molecule has 2 aromatic heterocycles. The fourth-order valence-corrected chi connectivity index (χ4v) is 1.91. The van der Waals surface area contributed by atoms with Crippen molar-refractivity contribution in [3.8, 4) is 11.6 Å². The Morgan fingerprint density at radius 1 is 1.35 bits per heavy atom. The lowest BCUT2D eigenvalue weighted by atomic mass is 10.3. The second-order valence-corrected chi connectivity index (χ2v) is 5.36. The van der Waals surface area contributed by atoms with E-state index in [2.05, 4.69) is 20.6 Å². The van der Waals surface area contributed by atoms with Crippen LogP contribution in [0.1, 0.15) is 18.0 Å². The number of nitrogens with zero attached hydrogens (tertiary/aromatic N) is 5. The van der Waals surface area contributed by atoms with Gasteiger partial charge in [-0.05, 0) is 13.0 Å². The summed E-state index contributed by atoms with van der Waals surface area (Å²) in [6.07, 6.45) is 0.485. The third-order valence-corrected chi connectivity index (χ3v) is 3.19. The molecule has 0 spiro atoms. The normalized spacial score (nSPS) is 10.6. The molecule has 23 heavy (non-hydrogen) atoms. The molecular weight excluding hydrogens is 300 g/mol. The van der Waals surface area contributed by atoms with Gasteiger partial charge in [0.05, 0.1) is 12.2 Å². The molecule has 1 N–H and O–H groups in total. The smallest absolute Gasteiger partial charge is 0.265 e. The molecule has 0 aliphatic carbocycles. The fraction of sp³-hybridized carbons (Fsp3) is 0.500. The topological polar surface area (TPSA) is 106 Å².